The Morgan fingerprint density at radius 2 is 2.26 bits per heavy atom. The van der Waals surface area contributed by atoms with Gasteiger partial charge in [-0.05, 0) is 46.1 Å². The van der Waals surface area contributed by atoms with Gasteiger partial charge in [-0.15, -0.1) is 0 Å². The summed E-state index contributed by atoms with van der Waals surface area (Å²) in [5.74, 6) is 0.872. The second-order valence-corrected chi connectivity index (χ2v) is 7.22. The van der Waals surface area contributed by atoms with Crippen LogP contribution in [0.25, 0.3) is 0 Å². The lowest BCUT2D eigenvalue weighted by molar-refractivity contribution is -0.0453. The Bertz CT molecular complexity index is 409. The Morgan fingerprint density at radius 1 is 1.35 bits per heavy atom. The number of nitrogens with zero attached hydrogens (tertiary/aromatic N) is 2. The van der Waals surface area contributed by atoms with E-state index in [1.807, 2.05) is 0 Å². The normalized spacial score (nSPS) is 35.3. The van der Waals surface area contributed by atoms with E-state index in [1.165, 1.54) is 19.4 Å². The number of guanidine groups is 1. The molecule has 3 fully saturated rings. The summed E-state index contributed by atoms with van der Waals surface area (Å²) in [7, 11) is 0. The van der Waals surface area contributed by atoms with Crippen molar-refractivity contribution in [3.8, 4) is 0 Å². The van der Waals surface area contributed by atoms with Crippen molar-refractivity contribution >= 4 is 5.96 Å². The zero-order valence-electron chi connectivity index (χ0n) is 14.6. The van der Waals surface area contributed by atoms with Crippen LogP contribution in [0, 0.1) is 0 Å². The summed E-state index contributed by atoms with van der Waals surface area (Å²) in [6.45, 7) is 10.7. The number of aliphatic imine (C=N–C) groups is 1. The third kappa shape index (κ3) is 4.58. The smallest absolute Gasteiger partial charge is 0.191 e. The fourth-order valence-electron chi connectivity index (χ4n) is 3.77. The lowest BCUT2D eigenvalue weighted by Crippen LogP contribution is -2.51. The topological polar surface area (TPSA) is 58.1 Å². The summed E-state index contributed by atoms with van der Waals surface area (Å²) in [5.41, 5.74) is -0.0908. The van der Waals surface area contributed by atoms with Crippen molar-refractivity contribution < 1.29 is 9.47 Å². The molecule has 3 aliphatic rings. The fourth-order valence-corrected chi connectivity index (χ4v) is 3.77. The molecule has 0 radical (unpaired) electrons. The predicted molar refractivity (Wildman–Crippen MR) is 91.9 cm³/mol. The lowest BCUT2D eigenvalue weighted by Gasteiger charge is -2.35. The molecule has 23 heavy (non-hydrogen) atoms. The van der Waals surface area contributed by atoms with E-state index in [2.05, 4.69) is 29.4 Å². The van der Waals surface area contributed by atoms with Crippen LogP contribution in [0.1, 0.15) is 39.5 Å². The van der Waals surface area contributed by atoms with Gasteiger partial charge < -0.3 is 20.1 Å². The van der Waals surface area contributed by atoms with Gasteiger partial charge in [0.1, 0.15) is 0 Å². The Balaban J connectivity index is 1.47. The molecule has 3 heterocycles. The number of hydrogen-bond acceptors (Lipinski definition) is 4. The molecule has 0 aromatic rings. The highest BCUT2D eigenvalue weighted by atomic mass is 16.5. The Labute approximate surface area is 140 Å². The van der Waals surface area contributed by atoms with Crippen molar-refractivity contribution in [1.82, 2.24) is 15.5 Å². The van der Waals surface area contributed by atoms with E-state index in [0.717, 1.165) is 51.6 Å². The van der Waals surface area contributed by atoms with E-state index >= 15 is 0 Å². The van der Waals surface area contributed by atoms with E-state index < -0.39 is 0 Å². The number of morpholine rings is 1. The van der Waals surface area contributed by atoms with E-state index in [1.54, 1.807) is 0 Å². The largest absolute Gasteiger partial charge is 0.373 e. The van der Waals surface area contributed by atoms with Crippen LogP contribution in [-0.4, -0.2) is 74.5 Å². The maximum atomic E-state index is 6.01. The Hall–Kier alpha value is -0.850. The van der Waals surface area contributed by atoms with Gasteiger partial charge >= 0.3 is 0 Å². The van der Waals surface area contributed by atoms with Gasteiger partial charge in [-0.1, -0.05) is 0 Å². The molecule has 132 valence electrons. The van der Waals surface area contributed by atoms with Gasteiger partial charge in [0.05, 0.1) is 24.9 Å². The molecule has 3 saturated heterocycles. The standard InChI is InChI=1S/C17H32N4O2/c1-3-18-16(20-13-17(2)7-5-9-23-17)19-10-15-11-21-8-4-6-14(21)12-22-15/h14-15H,3-13H2,1-2H3,(H2,18,19,20). The minimum absolute atomic E-state index is 0.0908. The van der Waals surface area contributed by atoms with E-state index in [0.29, 0.717) is 12.6 Å². The van der Waals surface area contributed by atoms with Crippen LogP contribution in [-0.2, 0) is 9.47 Å². The van der Waals surface area contributed by atoms with Gasteiger partial charge in [0.25, 0.3) is 0 Å². The lowest BCUT2D eigenvalue weighted by atomic mass is 10.0. The molecule has 2 N–H and O–H groups in total. The van der Waals surface area contributed by atoms with Gasteiger partial charge in [0.2, 0.25) is 0 Å². The molecule has 0 saturated carbocycles. The zero-order chi connectivity index (χ0) is 16.1. The minimum Gasteiger partial charge on any atom is -0.373 e. The molecular formula is C17H32N4O2. The monoisotopic (exact) mass is 324 g/mol. The maximum Gasteiger partial charge on any atom is 0.191 e. The van der Waals surface area contributed by atoms with Crippen molar-refractivity contribution in [2.75, 3.05) is 45.9 Å². The molecule has 0 amide bonds. The summed E-state index contributed by atoms with van der Waals surface area (Å²) < 4.78 is 11.8. The molecule has 3 unspecified atom stereocenters. The summed E-state index contributed by atoms with van der Waals surface area (Å²) >= 11 is 0. The molecule has 0 spiro atoms. The highest BCUT2D eigenvalue weighted by Crippen LogP contribution is 2.25. The van der Waals surface area contributed by atoms with Crippen LogP contribution >= 0.6 is 0 Å². The summed E-state index contributed by atoms with van der Waals surface area (Å²) in [5, 5.41) is 6.77. The number of nitrogens with one attached hydrogen (secondary N) is 2. The third-order valence-corrected chi connectivity index (χ3v) is 5.18. The Kier molecular flexibility index (Phi) is 5.77. The average Bonchev–Trinajstić information content (AvgIpc) is 3.19. The first kappa shape index (κ1) is 17.0. The first-order valence-electron chi connectivity index (χ1n) is 9.20. The van der Waals surface area contributed by atoms with Gasteiger partial charge in [-0.3, -0.25) is 9.89 Å². The molecule has 0 aromatic heterocycles. The highest BCUT2D eigenvalue weighted by molar-refractivity contribution is 5.79. The number of rotatable bonds is 5. The van der Waals surface area contributed by atoms with Crippen LogP contribution in [0.5, 0.6) is 0 Å². The molecule has 0 aliphatic carbocycles. The Morgan fingerprint density at radius 3 is 3.04 bits per heavy atom. The van der Waals surface area contributed by atoms with Crippen molar-refractivity contribution in [2.45, 2.75) is 57.3 Å². The highest BCUT2D eigenvalue weighted by Gasteiger charge is 2.32. The first-order valence-corrected chi connectivity index (χ1v) is 9.20. The second kappa shape index (κ2) is 7.81. The fraction of sp³-hybridized carbons (Fsp3) is 0.941. The van der Waals surface area contributed by atoms with Crippen molar-refractivity contribution in [3.05, 3.63) is 0 Å². The van der Waals surface area contributed by atoms with Crippen LogP contribution in [0.3, 0.4) is 0 Å². The summed E-state index contributed by atoms with van der Waals surface area (Å²) in [6, 6.07) is 0.660. The molecular weight excluding hydrogens is 292 g/mol. The summed E-state index contributed by atoms with van der Waals surface area (Å²) in [6.07, 6.45) is 5.10. The third-order valence-electron chi connectivity index (χ3n) is 5.18. The molecule has 3 rings (SSSR count). The summed E-state index contributed by atoms with van der Waals surface area (Å²) in [4.78, 5) is 7.30. The molecule has 3 aliphatic heterocycles. The number of hydrogen-bond donors (Lipinski definition) is 2. The first-order chi connectivity index (χ1) is 11.2. The minimum atomic E-state index is -0.0908. The van der Waals surface area contributed by atoms with Crippen LogP contribution in [0.2, 0.25) is 0 Å². The second-order valence-electron chi connectivity index (χ2n) is 7.22. The van der Waals surface area contributed by atoms with Crippen LogP contribution in [0.4, 0.5) is 0 Å². The quantitative estimate of drug-likeness (QED) is 0.583. The van der Waals surface area contributed by atoms with Crippen LogP contribution < -0.4 is 10.6 Å². The molecule has 6 heteroatoms. The zero-order valence-corrected chi connectivity index (χ0v) is 14.6. The maximum absolute atomic E-state index is 6.01. The van der Waals surface area contributed by atoms with Crippen molar-refractivity contribution in [3.63, 3.8) is 0 Å². The average molecular weight is 324 g/mol. The van der Waals surface area contributed by atoms with Crippen molar-refractivity contribution in [1.29, 1.82) is 0 Å². The molecule has 0 bridgehead atoms. The molecule has 0 aromatic carbocycles. The van der Waals surface area contributed by atoms with Gasteiger partial charge in [0, 0.05) is 32.3 Å². The van der Waals surface area contributed by atoms with Gasteiger partial charge in [-0.2, -0.15) is 0 Å². The van der Waals surface area contributed by atoms with Gasteiger partial charge in [-0.25, -0.2) is 0 Å². The van der Waals surface area contributed by atoms with E-state index in [-0.39, 0.29) is 11.7 Å². The van der Waals surface area contributed by atoms with Crippen LogP contribution in [0.15, 0.2) is 4.99 Å². The van der Waals surface area contributed by atoms with E-state index in [9.17, 15) is 0 Å². The van der Waals surface area contributed by atoms with E-state index in [4.69, 9.17) is 14.5 Å². The molecule has 6 nitrogen and oxygen atoms in total. The number of fused-ring (bicyclic) bond motifs is 1. The predicted octanol–water partition coefficient (Wildman–Crippen LogP) is 0.974. The van der Waals surface area contributed by atoms with Gasteiger partial charge in [0.15, 0.2) is 5.96 Å². The van der Waals surface area contributed by atoms with Crippen molar-refractivity contribution in [2.24, 2.45) is 4.99 Å². The molecule has 3 atom stereocenters. The number of ether oxygens (including phenoxy) is 2. The SMILES string of the molecule is CCNC(=NCC1(C)CCCO1)NCC1CN2CCCC2CO1.